The molecular formula is C12H7ClF6N2S. The summed E-state index contributed by atoms with van der Waals surface area (Å²) >= 11 is 6.60. The van der Waals surface area contributed by atoms with Gasteiger partial charge in [-0.3, -0.25) is 0 Å². The largest absolute Gasteiger partial charge is 0.418 e. The van der Waals surface area contributed by atoms with Crippen LogP contribution in [0.3, 0.4) is 0 Å². The fraction of sp³-hybridized carbons (Fsp3) is 0.250. The number of nitrogens with one attached hydrogen (secondary N) is 1. The maximum Gasteiger partial charge on any atom is 0.418 e. The Bertz CT molecular complexity index is 664. The van der Waals surface area contributed by atoms with Crippen LogP contribution in [0, 0.1) is 0 Å². The molecule has 2 nitrogen and oxygen atoms in total. The second-order valence-electron chi connectivity index (χ2n) is 4.19. The highest BCUT2D eigenvalue weighted by Gasteiger charge is 2.37. The quantitative estimate of drug-likeness (QED) is 0.737. The lowest BCUT2D eigenvalue weighted by atomic mass is 10.1. The summed E-state index contributed by atoms with van der Waals surface area (Å²) in [6.07, 6.45) is -8.16. The van der Waals surface area contributed by atoms with E-state index in [0.717, 1.165) is 11.3 Å². The van der Waals surface area contributed by atoms with Crippen LogP contribution in [0.4, 0.5) is 32.0 Å². The first-order valence-corrected chi connectivity index (χ1v) is 6.89. The molecule has 1 N–H and O–H groups in total. The Hall–Kier alpha value is -1.48. The third-order valence-electron chi connectivity index (χ3n) is 2.63. The molecule has 0 amide bonds. The number of alkyl halides is 6. The molecule has 0 radical (unpaired) electrons. The summed E-state index contributed by atoms with van der Waals surface area (Å²) in [6.45, 7) is -0.116. The summed E-state index contributed by atoms with van der Waals surface area (Å²) in [4.78, 5) is 4.19. The molecule has 0 aliphatic heterocycles. The highest BCUT2D eigenvalue weighted by molar-refractivity contribution is 7.15. The van der Waals surface area contributed by atoms with Gasteiger partial charge in [0, 0.05) is 16.8 Å². The number of hydrogen-bond acceptors (Lipinski definition) is 3. The van der Waals surface area contributed by atoms with Crippen LogP contribution < -0.4 is 5.32 Å². The van der Waals surface area contributed by atoms with Crippen molar-refractivity contribution in [3.8, 4) is 0 Å². The fourth-order valence-electron chi connectivity index (χ4n) is 1.66. The minimum absolute atomic E-state index is 0.116. The molecule has 0 spiro atoms. The zero-order valence-electron chi connectivity index (χ0n) is 10.5. The third-order valence-corrected chi connectivity index (χ3v) is 3.75. The van der Waals surface area contributed by atoms with Gasteiger partial charge in [-0.05, 0) is 18.2 Å². The van der Waals surface area contributed by atoms with Crippen molar-refractivity contribution in [2.75, 3.05) is 5.32 Å². The summed E-state index contributed by atoms with van der Waals surface area (Å²) in [5, 5.41) is 2.35. The van der Waals surface area contributed by atoms with Gasteiger partial charge in [-0.1, -0.05) is 11.6 Å². The molecule has 0 fully saturated rings. The van der Waals surface area contributed by atoms with Crippen LogP contribution in [0.1, 0.15) is 16.0 Å². The van der Waals surface area contributed by atoms with Gasteiger partial charge in [0.05, 0.1) is 17.7 Å². The van der Waals surface area contributed by atoms with Crippen molar-refractivity contribution in [3.63, 3.8) is 0 Å². The smallest absolute Gasteiger partial charge is 0.380 e. The normalized spacial score (nSPS) is 12.5. The molecule has 0 saturated carbocycles. The van der Waals surface area contributed by atoms with Crippen LogP contribution in [0.5, 0.6) is 0 Å². The standard InChI is InChI=1S/C12H7ClF6N2S/c13-10-21-5-7(22-10)4-20-9-3-6(11(14,15)16)1-2-8(9)12(17,18)19/h1-3,5,20H,4H2. The maximum atomic E-state index is 12.9. The molecule has 0 aliphatic carbocycles. The molecule has 1 aromatic heterocycles. The lowest BCUT2D eigenvalue weighted by Gasteiger charge is -2.16. The summed E-state index contributed by atoms with van der Waals surface area (Å²) in [5.74, 6) is 0. The minimum atomic E-state index is -4.77. The fourth-order valence-corrected chi connectivity index (χ4v) is 2.58. The summed E-state index contributed by atoms with van der Waals surface area (Å²) in [5.41, 5.74) is -2.98. The first kappa shape index (κ1) is 16.9. The van der Waals surface area contributed by atoms with Gasteiger partial charge in [0.1, 0.15) is 0 Å². The van der Waals surface area contributed by atoms with Crippen molar-refractivity contribution in [3.05, 3.63) is 44.9 Å². The number of aromatic nitrogens is 1. The van der Waals surface area contributed by atoms with Gasteiger partial charge >= 0.3 is 12.4 Å². The number of benzene rings is 1. The Balaban J connectivity index is 2.32. The molecule has 0 atom stereocenters. The van der Waals surface area contributed by atoms with Crippen molar-refractivity contribution < 1.29 is 26.3 Å². The van der Waals surface area contributed by atoms with Gasteiger partial charge in [-0.15, -0.1) is 11.3 Å². The number of rotatable bonds is 3. The lowest BCUT2D eigenvalue weighted by Crippen LogP contribution is -2.13. The molecule has 0 aliphatic rings. The van der Waals surface area contributed by atoms with E-state index in [0.29, 0.717) is 23.1 Å². The van der Waals surface area contributed by atoms with Crippen molar-refractivity contribution in [1.29, 1.82) is 0 Å². The zero-order valence-corrected chi connectivity index (χ0v) is 12.1. The molecule has 2 rings (SSSR count). The van der Waals surface area contributed by atoms with Gasteiger partial charge in [0.25, 0.3) is 0 Å². The number of halogens is 7. The molecule has 1 aromatic carbocycles. The first-order valence-electron chi connectivity index (χ1n) is 5.70. The number of thiazole rings is 1. The Labute approximate surface area is 129 Å². The maximum absolute atomic E-state index is 12.9. The first-order chi connectivity index (χ1) is 10.1. The van der Waals surface area contributed by atoms with Gasteiger partial charge < -0.3 is 5.32 Å². The van der Waals surface area contributed by atoms with E-state index in [1.807, 2.05) is 0 Å². The van der Waals surface area contributed by atoms with E-state index >= 15 is 0 Å². The third kappa shape index (κ3) is 4.04. The monoisotopic (exact) mass is 360 g/mol. The van der Waals surface area contributed by atoms with Crippen LogP contribution in [0.15, 0.2) is 24.4 Å². The van der Waals surface area contributed by atoms with Gasteiger partial charge in [0.2, 0.25) is 0 Å². The van der Waals surface area contributed by atoms with E-state index in [4.69, 9.17) is 11.6 Å². The molecule has 0 unspecified atom stereocenters. The predicted molar refractivity (Wildman–Crippen MR) is 70.9 cm³/mol. The van der Waals surface area contributed by atoms with Crippen LogP contribution in [0.2, 0.25) is 4.47 Å². The average molecular weight is 361 g/mol. The molecular weight excluding hydrogens is 354 g/mol. The van der Waals surface area contributed by atoms with Gasteiger partial charge in [-0.25, -0.2) is 4.98 Å². The zero-order chi connectivity index (χ0) is 16.5. The van der Waals surface area contributed by atoms with Crippen molar-refractivity contribution in [2.24, 2.45) is 0 Å². The van der Waals surface area contributed by atoms with Crippen LogP contribution in [0.25, 0.3) is 0 Å². The summed E-state index contributed by atoms with van der Waals surface area (Å²) < 4.78 is 76.6. The molecule has 10 heteroatoms. The van der Waals surface area contributed by atoms with Gasteiger partial charge in [0.15, 0.2) is 4.47 Å². The second kappa shape index (κ2) is 5.96. The van der Waals surface area contributed by atoms with Crippen molar-refractivity contribution >= 4 is 28.6 Å². The number of nitrogens with zero attached hydrogens (tertiary/aromatic N) is 1. The van der Waals surface area contributed by atoms with E-state index in [9.17, 15) is 26.3 Å². The Morgan fingerprint density at radius 3 is 2.27 bits per heavy atom. The lowest BCUT2D eigenvalue weighted by molar-refractivity contribution is -0.140. The Morgan fingerprint density at radius 1 is 1.09 bits per heavy atom. The van der Waals surface area contributed by atoms with E-state index < -0.39 is 29.2 Å². The van der Waals surface area contributed by atoms with E-state index in [1.54, 1.807) is 0 Å². The van der Waals surface area contributed by atoms with Gasteiger partial charge in [-0.2, -0.15) is 26.3 Å². The molecule has 1 heterocycles. The molecule has 0 saturated heterocycles. The average Bonchev–Trinajstić information content (AvgIpc) is 2.79. The van der Waals surface area contributed by atoms with Crippen LogP contribution >= 0.6 is 22.9 Å². The highest BCUT2D eigenvalue weighted by Crippen LogP contribution is 2.39. The minimum Gasteiger partial charge on any atom is -0.380 e. The SMILES string of the molecule is FC(F)(F)c1ccc(C(F)(F)F)c(NCc2cnc(Cl)s2)c1. The number of hydrogen-bond donors (Lipinski definition) is 1. The summed E-state index contributed by atoms with van der Waals surface area (Å²) in [7, 11) is 0. The molecule has 22 heavy (non-hydrogen) atoms. The molecule has 120 valence electrons. The van der Waals surface area contributed by atoms with E-state index in [1.165, 1.54) is 6.20 Å². The van der Waals surface area contributed by atoms with Crippen LogP contribution in [-0.2, 0) is 18.9 Å². The Kier molecular flexibility index (Phi) is 4.57. The van der Waals surface area contributed by atoms with Crippen molar-refractivity contribution in [2.45, 2.75) is 18.9 Å². The van der Waals surface area contributed by atoms with Crippen LogP contribution in [-0.4, -0.2) is 4.98 Å². The second-order valence-corrected chi connectivity index (χ2v) is 5.89. The van der Waals surface area contributed by atoms with E-state index in [2.05, 4.69) is 10.3 Å². The van der Waals surface area contributed by atoms with Crippen molar-refractivity contribution in [1.82, 2.24) is 4.98 Å². The topological polar surface area (TPSA) is 24.9 Å². The molecule has 0 bridgehead atoms. The highest BCUT2D eigenvalue weighted by atomic mass is 35.5. The summed E-state index contributed by atoms with van der Waals surface area (Å²) in [6, 6.07) is 1.24. The predicted octanol–water partition coefficient (Wildman–Crippen LogP) is 5.45. The van der Waals surface area contributed by atoms with E-state index in [-0.39, 0.29) is 11.0 Å². The Morgan fingerprint density at radius 2 is 1.77 bits per heavy atom. The number of anilines is 1. The molecule has 2 aromatic rings.